The molecular formula is C14H21N5OS. The van der Waals surface area contributed by atoms with Crippen LogP contribution in [0.1, 0.15) is 45.4 Å². The van der Waals surface area contributed by atoms with E-state index in [2.05, 4.69) is 21.6 Å². The summed E-state index contributed by atoms with van der Waals surface area (Å²) in [7, 11) is 0. The van der Waals surface area contributed by atoms with Gasteiger partial charge in [-0.15, -0.1) is 5.10 Å². The highest BCUT2D eigenvalue weighted by Gasteiger charge is 2.41. The van der Waals surface area contributed by atoms with E-state index in [4.69, 9.17) is 0 Å². The molecule has 3 rings (SSSR count). The highest BCUT2D eigenvalue weighted by molar-refractivity contribution is 7.99. The van der Waals surface area contributed by atoms with Gasteiger partial charge in [0.2, 0.25) is 0 Å². The zero-order chi connectivity index (χ0) is 14.9. The molecule has 0 aromatic carbocycles. The maximum Gasteiger partial charge on any atom is 0.343 e. The van der Waals surface area contributed by atoms with Gasteiger partial charge in [-0.3, -0.25) is 9.88 Å². The molecule has 1 aromatic rings. The normalized spacial score (nSPS) is 29.2. The molecule has 2 fully saturated rings. The van der Waals surface area contributed by atoms with Gasteiger partial charge in [-0.25, -0.2) is 9.89 Å². The molecule has 0 amide bonds. The van der Waals surface area contributed by atoms with Gasteiger partial charge in [-0.1, -0.05) is 11.8 Å². The first-order valence-corrected chi connectivity index (χ1v) is 8.54. The number of aromatic nitrogens is 3. The van der Waals surface area contributed by atoms with Gasteiger partial charge < -0.3 is 0 Å². The first kappa shape index (κ1) is 14.7. The van der Waals surface area contributed by atoms with Crippen molar-refractivity contribution >= 4 is 11.8 Å². The zero-order valence-corrected chi connectivity index (χ0v) is 13.1. The van der Waals surface area contributed by atoms with E-state index in [0.717, 1.165) is 30.8 Å². The second kappa shape index (κ2) is 5.85. The van der Waals surface area contributed by atoms with Crippen molar-refractivity contribution < 1.29 is 0 Å². The van der Waals surface area contributed by atoms with Crippen molar-refractivity contribution in [3.63, 3.8) is 0 Å². The fourth-order valence-electron chi connectivity index (χ4n) is 3.03. The Balaban J connectivity index is 1.70. The van der Waals surface area contributed by atoms with Crippen molar-refractivity contribution in [1.29, 1.82) is 5.26 Å². The Bertz CT molecular complexity index is 599. The average Bonchev–Trinajstić information content (AvgIpc) is 3.22. The summed E-state index contributed by atoms with van der Waals surface area (Å²) in [5.41, 5.74) is -0.538. The number of thioether (sulfide) groups is 1. The minimum absolute atomic E-state index is 0.154. The second-order valence-corrected chi connectivity index (χ2v) is 7.27. The smallest absolute Gasteiger partial charge is 0.297 e. The number of rotatable bonds is 5. The van der Waals surface area contributed by atoms with E-state index in [-0.39, 0.29) is 11.2 Å². The molecule has 0 bridgehead atoms. The van der Waals surface area contributed by atoms with Crippen LogP contribution in [0.2, 0.25) is 0 Å². The van der Waals surface area contributed by atoms with Crippen LogP contribution >= 0.6 is 11.8 Å². The summed E-state index contributed by atoms with van der Waals surface area (Å²) in [6, 6.07) is 3.05. The minimum Gasteiger partial charge on any atom is -0.297 e. The molecular weight excluding hydrogens is 286 g/mol. The second-order valence-electron chi connectivity index (χ2n) is 6.00. The Morgan fingerprint density at radius 3 is 3.05 bits per heavy atom. The maximum absolute atomic E-state index is 11.6. The molecule has 2 aliphatic carbocycles. The van der Waals surface area contributed by atoms with E-state index < -0.39 is 0 Å². The van der Waals surface area contributed by atoms with E-state index in [1.807, 2.05) is 6.92 Å². The number of hydrogen-bond donors (Lipinski definition) is 2. The number of nitriles is 1. The van der Waals surface area contributed by atoms with E-state index >= 15 is 0 Å². The van der Waals surface area contributed by atoms with Gasteiger partial charge >= 0.3 is 5.69 Å². The molecule has 0 saturated heterocycles. The zero-order valence-electron chi connectivity index (χ0n) is 12.3. The molecule has 7 heteroatoms. The van der Waals surface area contributed by atoms with Gasteiger partial charge in [-0.05, 0) is 45.4 Å². The van der Waals surface area contributed by atoms with Gasteiger partial charge in [0, 0.05) is 17.8 Å². The summed E-state index contributed by atoms with van der Waals surface area (Å²) in [5.74, 6) is 0. The minimum atomic E-state index is -0.384. The van der Waals surface area contributed by atoms with Crippen molar-refractivity contribution in [3.05, 3.63) is 10.5 Å². The Morgan fingerprint density at radius 2 is 2.38 bits per heavy atom. The quantitative estimate of drug-likeness (QED) is 0.863. The molecule has 2 N–H and O–H groups in total. The Kier molecular flexibility index (Phi) is 4.09. The number of aromatic amines is 1. The van der Waals surface area contributed by atoms with Crippen LogP contribution in [0.4, 0.5) is 0 Å². The number of nitrogens with one attached hydrogen (secondary N) is 2. The molecule has 0 spiro atoms. The fraction of sp³-hybridized carbons (Fsp3) is 0.786. The van der Waals surface area contributed by atoms with Crippen LogP contribution in [0.3, 0.4) is 0 Å². The predicted octanol–water partition coefficient (Wildman–Crippen LogP) is 1.64. The monoisotopic (exact) mass is 307 g/mol. The Labute approximate surface area is 128 Å². The lowest BCUT2D eigenvalue weighted by Gasteiger charge is -2.36. The molecule has 2 saturated carbocycles. The van der Waals surface area contributed by atoms with E-state index in [1.165, 1.54) is 12.8 Å². The predicted molar refractivity (Wildman–Crippen MR) is 81.1 cm³/mol. The molecule has 114 valence electrons. The largest absolute Gasteiger partial charge is 0.343 e. The summed E-state index contributed by atoms with van der Waals surface area (Å²) >= 11 is 1.63. The van der Waals surface area contributed by atoms with Crippen molar-refractivity contribution in [2.24, 2.45) is 0 Å². The third-order valence-corrected chi connectivity index (χ3v) is 5.55. The number of H-pyrrole nitrogens is 1. The fourth-order valence-corrected chi connectivity index (χ4v) is 4.42. The average molecular weight is 307 g/mol. The molecule has 21 heavy (non-hydrogen) atoms. The highest BCUT2D eigenvalue weighted by Crippen LogP contribution is 2.39. The summed E-state index contributed by atoms with van der Waals surface area (Å²) in [6.07, 6.45) is 6.26. The van der Waals surface area contributed by atoms with E-state index in [1.54, 1.807) is 16.3 Å². The van der Waals surface area contributed by atoms with Crippen molar-refractivity contribution in [1.82, 2.24) is 20.1 Å². The van der Waals surface area contributed by atoms with Crippen LogP contribution in [0.5, 0.6) is 0 Å². The third kappa shape index (κ3) is 3.16. The van der Waals surface area contributed by atoms with Crippen molar-refractivity contribution in [2.75, 3.05) is 0 Å². The summed E-state index contributed by atoms with van der Waals surface area (Å²) in [6.45, 7) is 2.56. The topological polar surface area (TPSA) is 86.5 Å². The Morgan fingerprint density at radius 1 is 1.57 bits per heavy atom. The third-order valence-electron chi connectivity index (χ3n) is 4.29. The standard InChI is InChI=1S/C14H21N5OS/c1-2-19-12(20)17-18-13(19)21-11-4-3-7-14(8-11,9-15)16-10-5-6-10/h10-11,16H,2-8H2,1H3,(H,17,20). The molecule has 2 atom stereocenters. The molecule has 6 nitrogen and oxygen atoms in total. The summed E-state index contributed by atoms with van der Waals surface area (Å²) in [5, 5.41) is 20.8. The lowest BCUT2D eigenvalue weighted by Crippen LogP contribution is -2.49. The Hall–Kier alpha value is -1.26. The molecule has 1 aromatic heterocycles. The molecule has 1 heterocycles. The van der Waals surface area contributed by atoms with Gasteiger partial charge in [0.15, 0.2) is 5.16 Å². The first-order valence-electron chi connectivity index (χ1n) is 7.66. The SMILES string of the molecule is CCn1c(SC2CCCC(C#N)(NC3CC3)C2)n[nH]c1=O. The van der Waals surface area contributed by atoms with Crippen LogP contribution in [-0.4, -0.2) is 31.6 Å². The van der Waals surface area contributed by atoms with Gasteiger partial charge in [0.1, 0.15) is 5.54 Å². The first-order chi connectivity index (χ1) is 10.2. The van der Waals surface area contributed by atoms with Gasteiger partial charge in [0.25, 0.3) is 0 Å². The van der Waals surface area contributed by atoms with Crippen LogP contribution in [0, 0.1) is 11.3 Å². The summed E-state index contributed by atoms with van der Waals surface area (Å²) in [4.78, 5) is 11.6. The summed E-state index contributed by atoms with van der Waals surface area (Å²) < 4.78 is 1.65. The van der Waals surface area contributed by atoms with Crippen LogP contribution < -0.4 is 11.0 Å². The lowest BCUT2D eigenvalue weighted by molar-refractivity contribution is 0.301. The highest BCUT2D eigenvalue weighted by atomic mass is 32.2. The number of hydrogen-bond acceptors (Lipinski definition) is 5. The van der Waals surface area contributed by atoms with E-state index in [9.17, 15) is 10.1 Å². The molecule has 0 aliphatic heterocycles. The maximum atomic E-state index is 11.6. The van der Waals surface area contributed by atoms with Gasteiger partial charge in [-0.2, -0.15) is 5.26 Å². The number of nitrogens with zero attached hydrogens (tertiary/aromatic N) is 3. The molecule has 2 aliphatic rings. The van der Waals surface area contributed by atoms with Crippen molar-refractivity contribution in [3.8, 4) is 6.07 Å². The van der Waals surface area contributed by atoms with Gasteiger partial charge in [0.05, 0.1) is 6.07 Å². The van der Waals surface area contributed by atoms with Crippen LogP contribution in [-0.2, 0) is 6.54 Å². The lowest BCUT2D eigenvalue weighted by atomic mass is 9.82. The van der Waals surface area contributed by atoms with E-state index in [0.29, 0.717) is 17.8 Å². The van der Waals surface area contributed by atoms with Crippen LogP contribution in [0.15, 0.2) is 9.95 Å². The molecule has 2 unspecified atom stereocenters. The van der Waals surface area contributed by atoms with Crippen molar-refractivity contribution in [2.45, 2.75) is 74.0 Å². The molecule has 0 radical (unpaired) electrons. The van der Waals surface area contributed by atoms with Crippen LogP contribution in [0.25, 0.3) is 0 Å².